The molecule has 3 N–H and O–H groups in total. The molecule has 0 saturated carbocycles. The topological polar surface area (TPSA) is 108 Å². The van der Waals surface area contributed by atoms with Gasteiger partial charge in [0.2, 0.25) is 15.9 Å². The van der Waals surface area contributed by atoms with Crippen LogP contribution in [0.25, 0.3) is 0 Å². The predicted octanol–water partition coefficient (Wildman–Crippen LogP) is 3.26. The molecule has 1 atom stereocenters. The minimum Gasteiger partial charge on any atom is -0.508 e. The number of aromatic hydroxyl groups is 1. The molecule has 7 nitrogen and oxygen atoms in total. The van der Waals surface area contributed by atoms with E-state index in [1.807, 2.05) is 13.0 Å². The highest BCUT2D eigenvalue weighted by Gasteiger charge is 2.23. The predicted molar refractivity (Wildman–Crippen MR) is 119 cm³/mol. The Kier molecular flexibility index (Phi) is 7.17. The molecule has 3 aromatic rings. The number of benzene rings is 3. The first-order valence-electron chi connectivity index (χ1n) is 9.58. The van der Waals surface area contributed by atoms with E-state index in [1.54, 1.807) is 48.5 Å². The van der Waals surface area contributed by atoms with Crippen molar-refractivity contribution in [1.82, 2.24) is 10.1 Å². The van der Waals surface area contributed by atoms with Crippen molar-refractivity contribution in [3.63, 3.8) is 0 Å². The summed E-state index contributed by atoms with van der Waals surface area (Å²) in [6, 6.07) is 21.0. The number of nitrogens with one attached hydrogen (secondary N) is 2. The minimum absolute atomic E-state index is 0.0879. The highest BCUT2D eigenvalue weighted by molar-refractivity contribution is 7.89. The molecule has 31 heavy (non-hydrogen) atoms. The van der Waals surface area contributed by atoms with Gasteiger partial charge in [0.25, 0.3) is 0 Å². The van der Waals surface area contributed by atoms with E-state index in [4.69, 9.17) is 0 Å². The fourth-order valence-electron chi connectivity index (χ4n) is 2.90. The van der Waals surface area contributed by atoms with E-state index in [1.165, 1.54) is 30.5 Å². The summed E-state index contributed by atoms with van der Waals surface area (Å²) in [7, 11) is -3.83. The molecule has 0 aliphatic rings. The van der Waals surface area contributed by atoms with Crippen molar-refractivity contribution in [3.05, 3.63) is 95.6 Å². The maximum Gasteiger partial charge on any atom is 0.242 e. The number of carbonyl (C=O) groups is 1. The monoisotopic (exact) mass is 437 g/mol. The van der Waals surface area contributed by atoms with Crippen LogP contribution in [-0.2, 0) is 14.8 Å². The summed E-state index contributed by atoms with van der Waals surface area (Å²) in [5.41, 5.74) is 4.61. The molecule has 0 aliphatic carbocycles. The first-order chi connectivity index (χ1) is 14.8. The van der Waals surface area contributed by atoms with Crippen LogP contribution in [0.2, 0.25) is 0 Å². The molecule has 8 heteroatoms. The lowest BCUT2D eigenvalue weighted by Crippen LogP contribution is -2.32. The van der Waals surface area contributed by atoms with Crippen LogP contribution in [0, 0.1) is 6.92 Å². The number of phenols is 1. The van der Waals surface area contributed by atoms with Crippen molar-refractivity contribution in [2.45, 2.75) is 24.3 Å². The third kappa shape index (κ3) is 6.50. The van der Waals surface area contributed by atoms with Gasteiger partial charge in [-0.05, 0) is 42.3 Å². The second kappa shape index (κ2) is 10.0. The summed E-state index contributed by atoms with van der Waals surface area (Å²) < 4.78 is 28.3. The van der Waals surface area contributed by atoms with Crippen LogP contribution in [0.5, 0.6) is 5.75 Å². The van der Waals surface area contributed by atoms with E-state index in [2.05, 4.69) is 15.2 Å². The Morgan fingerprint density at radius 2 is 1.74 bits per heavy atom. The van der Waals surface area contributed by atoms with Gasteiger partial charge in [0.05, 0.1) is 17.2 Å². The maximum absolute atomic E-state index is 12.8. The molecule has 0 unspecified atom stereocenters. The Bertz CT molecular complexity index is 1160. The number of carbonyl (C=O) groups excluding carboxylic acids is 1. The SMILES string of the molecule is Cc1ccc(S(=O)(=O)N[C@@H](CC(=O)N/N=C\c2cccc(O)c2)c2ccccc2)cc1. The van der Waals surface area contributed by atoms with Crippen molar-refractivity contribution in [3.8, 4) is 5.75 Å². The van der Waals surface area contributed by atoms with E-state index >= 15 is 0 Å². The van der Waals surface area contributed by atoms with Crippen LogP contribution in [0.15, 0.2) is 88.9 Å². The lowest BCUT2D eigenvalue weighted by molar-refractivity contribution is -0.121. The summed E-state index contributed by atoms with van der Waals surface area (Å²) in [6.07, 6.45) is 1.25. The number of sulfonamides is 1. The molecule has 0 heterocycles. The van der Waals surface area contributed by atoms with Gasteiger partial charge in [-0.2, -0.15) is 5.10 Å². The summed E-state index contributed by atoms with van der Waals surface area (Å²) in [4.78, 5) is 12.6. The lowest BCUT2D eigenvalue weighted by atomic mass is 10.0. The molecule has 0 aliphatic heterocycles. The molecular formula is C23H23N3O4S. The fraction of sp³-hybridized carbons (Fsp3) is 0.130. The van der Waals surface area contributed by atoms with Gasteiger partial charge in [-0.25, -0.2) is 18.6 Å². The Morgan fingerprint density at radius 1 is 1.03 bits per heavy atom. The van der Waals surface area contributed by atoms with Crippen LogP contribution in [0.1, 0.15) is 29.2 Å². The molecule has 1 amide bonds. The van der Waals surface area contributed by atoms with Crippen LogP contribution < -0.4 is 10.1 Å². The largest absolute Gasteiger partial charge is 0.508 e. The highest BCUT2D eigenvalue weighted by atomic mass is 32.2. The molecule has 0 spiro atoms. The summed E-state index contributed by atoms with van der Waals surface area (Å²) in [5.74, 6) is -0.373. The Morgan fingerprint density at radius 3 is 2.42 bits per heavy atom. The van der Waals surface area contributed by atoms with Crippen LogP contribution >= 0.6 is 0 Å². The molecule has 160 valence electrons. The first-order valence-corrected chi connectivity index (χ1v) is 11.1. The molecule has 0 aromatic heterocycles. The van der Waals surface area contributed by atoms with E-state index < -0.39 is 22.0 Å². The number of amides is 1. The number of hydrazone groups is 1. The maximum atomic E-state index is 12.8. The quantitative estimate of drug-likeness (QED) is 0.371. The summed E-state index contributed by atoms with van der Waals surface area (Å²) >= 11 is 0. The van der Waals surface area contributed by atoms with E-state index in [-0.39, 0.29) is 17.1 Å². The van der Waals surface area contributed by atoms with Crippen molar-refractivity contribution in [2.24, 2.45) is 5.10 Å². The van der Waals surface area contributed by atoms with Crippen molar-refractivity contribution in [1.29, 1.82) is 0 Å². The van der Waals surface area contributed by atoms with Gasteiger partial charge >= 0.3 is 0 Å². The average Bonchev–Trinajstić information content (AvgIpc) is 2.74. The summed E-state index contributed by atoms with van der Waals surface area (Å²) in [5, 5.41) is 13.4. The van der Waals surface area contributed by atoms with Gasteiger partial charge in [-0.1, -0.05) is 60.2 Å². The zero-order chi connectivity index (χ0) is 22.3. The number of nitrogens with zero attached hydrogens (tertiary/aromatic N) is 1. The van der Waals surface area contributed by atoms with E-state index in [0.29, 0.717) is 11.1 Å². The van der Waals surface area contributed by atoms with E-state index in [9.17, 15) is 18.3 Å². The van der Waals surface area contributed by atoms with Crippen LogP contribution in [0.3, 0.4) is 0 Å². The molecule has 0 bridgehead atoms. The van der Waals surface area contributed by atoms with E-state index in [0.717, 1.165) is 5.56 Å². The number of hydrogen-bond acceptors (Lipinski definition) is 5. The van der Waals surface area contributed by atoms with Gasteiger partial charge in [-0.15, -0.1) is 0 Å². The first kappa shape index (κ1) is 22.2. The normalized spacial score (nSPS) is 12.5. The smallest absolute Gasteiger partial charge is 0.242 e. The Balaban J connectivity index is 1.73. The lowest BCUT2D eigenvalue weighted by Gasteiger charge is -2.18. The number of aryl methyl sites for hydroxylation is 1. The fourth-order valence-corrected chi connectivity index (χ4v) is 4.13. The second-order valence-corrected chi connectivity index (χ2v) is 8.70. The molecule has 3 aromatic carbocycles. The van der Waals surface area contributed by atoms with Crippen molar-refractivity contribution in [2.75, 3.05) is 0 Å². The molecular weight excluding hydrogens is 414 g/mol. The zero-order valence-corrected chi connectivity index (χ0v) is 17.7. The van der Waals surface area contributed by atoms with Gasteiger partial charge in [-0.3, -0.25) is 4.79 Å². The van der Waals surface area contributed by atoms with Gasteiger partial charge in [0.1, 0.15) is 5.75 Å². The third-order valence-corrected chi connectivity index (χ3v) is 5.98. The minimum atomic E-state index is -3.83. The number of rotatable bonds is 8. The molecule has 0 fully saturated rings. The second-order valence-electron chi connectivity index (χ2n) is 6.99. The van der Waals surface area contributed by atoms with Crippen LogP contribution in [0.4, 0.5) is 0 Å². The average molecular weight is 438 g/mol. The van der Waals surface area contributed by atoms with Gasteiger partial charge in [0, 0.05) is 6.42 Å². The standard InChI is InChI=1S/C23H23N3O4S/c1-17-10-12-21(13-11-17)31(29,30)26-22(19-7-3-2-4-8-19)15-23(28)25-24-16-18-6-5-9-20(27)14-18/h2-14,16,22,26-27H,15H2,1H3,(H,25,28)/b24-16-/t22-/m0/s1. The van der Waals surface area contributed by atoms with Gasteiger partial charge < -0.3 is 5.11 Å². The highest BCUT2D eigenvalue weighted by Crippen LogP contribution is 2.21. The summed E-state index contributed by atoms with van der Waals surface area (Å²) in [6.45, 7) is 1.87. The Labute approximate surface area is 181 Å². The van der Waals surface area contributed by atoms with Crippen molar-refractivity contribution < 1.29 is 18.3 Å². The molecule has 0 radical (unpaired) electrons. The third-order valence-electron chi connectivity index (χ3n) is 4.49. The van der Waals surface area contributed by atoms with Crippen molar-refractivity contribution >= 4 is 22.1 Å². The zero-order valence-electron chi connectivity index (χ0n) is 16.9. The number of hydrogen-bond donors (Lipinski definition) is 3. The van der Waals surface area contributed by atoms with Gasteiger partial charge in [0.15, 0.2) is 0 Å². The molecule has 0 saturated heterocycles. The Hall–Kier alpha value is -3.49. The molecule has 3 rings (SSSR count). The number of phenolic OH excluding ortho intramolecular Hbond substituents is 1. The van der Waals surface area contributed by atoms with Crippen LogP contribution in [-0.4, -0.2) is 25.6 Å².